The molecule has 0 amide bonds. The zero-order chi connectivity index (χ0) is 10.7. The molecule has 0 spiro atoms. The van der Waals surface area contributed by atoms with Gasteiger partial charge in [0.1, 0.15) is 10.9 Å². The molecule has 1 aliphatic heterocycles. The quantitative estimate of drug-likeness (QED) is 0.271. The normalized spacial score (nSPS) is 36.7. The fourth-order valence-electron chi connectivity index (χ4n) is 0.815. The minimum atomic E-state index is -1.59. The minimum Gasteiger partial charge on any atom is -0.377 e. The second-order valence-electron chi connectivity index (χ2n) is 2.47. The largest absolute Gasteiger partial charge is 0.377 e. The summed E-state index contributed by atoms with van der Waals surface area (Å²) >= 11 is 4.78. The van der Waals surface area contributed by atoms with Crippen LogP contribution in [-0.4, -0.2) is 50.5 Å². The number of aliphatic hydroxyl groups excluding tert-OH is 3. The maximum absolute atomic E-state index is 10.0. The maximum atomic E-state index is 10.0. The zero-order valence-electron chi connectivity index (χ0n) is 6.89. The van der Waals surface area contributed by atoms with Crippen LogP contribution in [0, 0.1) is 0 Å². The second kappa shape index (κ2) is 5.31. The van der Waals surface area contributed by atoms with Crippen molar-refractivity contribution in [2.75, 3.05) is 0 Å². The summed E-state index contributed by atoms with van der Waals surface area (Å²) in [7, 11) is 0. The predicted molar refractivity (Wildman–Crippen MR) is 50.4 cm³/mol. The molecule has 0 aromatic rings. The van der Waals surface area contributed by atoms with E-state index in [4.69, 9.17) is 20.1 Å². The van der Waals surface area contributed by atoms with E-state index in [0.717, 1.165) is 11.8 Å². The molecular formula is C6H10O6S2. The minimum absolute atomic E-state index is 0.190. The monoisotopic (exact) mass is 242 g/mol. The van der Waals surface area contributed by atoms with Gasteiger partial charge in [-0.15, -0.1) is 12.6 Å². The highest BCUT2D eigenvalue weighted by Gasteiger charge is 2.37. The van der Waals surface area contributed by atoms with Crippen LogP contribution in [0.15, 0.2) is 0 Å². The number of aliphatic hydroxyl groups is 3. The van der Waals surface area contributed by atoms with E-state index < -0.39 is 28.9 Å². The molecule has 0 radical (unpaired) electrons. The average molecular weight is 242 g/mol. The summed E-state index contributed by atoms with van der Waals surface area (Å²) < 4.78 is 9.48. The van der Waals surface area contributed by atoms with Gasteiger partial charge in [0.05, 0.1) is 0 Å². The Hall–Kier alpha value is 0.170. The van der Waals surface area contributed by atoms with Gasteiger partial charge in [-0.25, -0.2) is 0 Å². The van der Waals surface area contributed by atoms with Crippen LogP contribution in [0.4, 0.5) is 0 Å². The Labute approximate surface area is 89.6 Å². The van der Waals surface area contributed by atoms with E-state index in [-0.39, 0.29) is 6.29 Å². The fraction of sp³-hybridized carbons (Fsp3) is 0.833. The van der Waals surface area contributed by atoms with Gasteiger partial charge in [0.2, 0.25) is 6.29 Å². The zero-order valence-corrected chi connectivity index (χ0v) is 8.60. The Morgan fingerprint density at radius 2 is 2.21 bits per heavy atom. The van der Waals surface area contributed by atoms with Crippen molar-refractivity contribution in [3.63, 3.8) is 0 Å². The first-order valence-electron chi connectivity index (χ1n) is 3.68. The number of rotatable bonds is 4. The standard InChI is InChI=1S/C6H10O6S2/c7-1-2(8)11-5(13)6-12-3(9)4(10)14-6/h1-6,8-10,13H. The smallest absolute Gasteiger partial charge is 0.213 e. The summed E-state index contributed by atoms with van der Waals surface area (Å²) in [5.41, 5.74) is -2.73. The lowest BCUT2D eigenvalue weighted by Gasteiger charge is -2.18. The number of hydrogen-bond acceptors (Lipinski definition) is 8. The molecule has 0 aromatic carbocycles. The van der Waals surface area contributed by atoms with Gasteiger partial charge in [0, 0.05) is 0 Å². The molecule has 0 bridgehead atoms. The highest BCUT2D eigenvalue weighted by molar-refractivity contribution is 8.01. The molecule has 0 aromatic heterocycles. The summed E-state index contributed by atoms with van der Waals surface area (Å²) in [4.78, 5) is 10.0. The molecule has 1 rings (SSSR count). The van der Waals surface area contributed by atoms with Crippen LogP contribution >= 0.6 is 24.4 Å². The number of carbonyl (C=O) groups is 1. The fourth-order valence-corrected chi connectivity index (χ4v) is 2.07. The second-order valence-corrected chi connectivity index (χ2v) is 4.20. The molecule has 1 fully saturated rings. The van der Waals surface area contributed by atoms with Crippen molar-refractivity contribution in [1.29, 1.82) is 0 Å². The molecule has 0 aliphatic carbocycles. The van der Waals surface area contributed by atoms with E-state index in [1.165, 1.54) is 0 Å². The van der Waals surface area contributed by atoms with Crippen LogP contribution in [0.1, 0.15) is 0 Å². The van der Waals surface area contributed by atoms with Gasteiger partial charge in [0.15, 0.2) is 18.0 Å². The molecular weight excluding hydrogens is 232 g/mol. The van der Waals surface area contributed by atoms with Gasteiger partial charge in [-0.3, -0.25) is 4.79 Å². The molecule has 3 N–H and O–H groups in total. The predicted octanol–water partition coefficient (Wildman–Crippen LogP) is -1.50. The van der Waals surface area contributed by atoms with Crippen LogP contribution < -0.4 is 0 Å². The summed E-state index contributed by atoms with van der Waals surface area (Å²) in [6, 6.07) is 0. The summed E-state index contributed by atoms with van der Waals surface area (Å²) in [6.45, 7) is 0. The first kappa shape index (κ1) is 12.2. The first-order valence-corrected chi connectivity index (χ1v) is 5.14. The SMILES string of the molecule is O=CC(O)OC(S)C1OC(O)C(O)S1. The molecule has 6 nitrogen and oxygen atoms in total. The molecule has 5 atom stereocenters. The third-order valence-corrected chi connectivity index (χ3v) is 3.15. The number of thiol groups is 1. The summed E-state index contributed by atoms with van der Waals surface area (Å²) in [6.07, 6.45) is -2.71. The number of thioether (sulfide) groups is 1. The van der Waals surface area contributed by atoms with Gasteiger partial charge in [0.25, 0.3) is 0 Å². The van der Waals surface area contributed by atoms with Crippen LogP contribution in [0.25, 0.3) is 0 Å². The van der Waals surface area contributed by atoms with Crippen molar-refractivity contribution in [1.82, 2.24) is 0 Å². The van der Waals surface area contributed by atoms with E-state index >= 15 is 0 Å². The van der Waals surface area contributed by atoms with Gasteiger partial charge in [-0.1, -0.05) is 11.8 Å². The van der Waals surface area contributed by atoms with Crippen molar-refractivity contribution in [3.8, 4) is 0 Å². The molecule has 14 heavy (non-hydrogen) atoms. The third kappa shape index (κ3) is 3.09. The van der Waals surface area contributed by atoms with Crippen molar-refractivity contribution in [2.24, 2.45) is 0 Å². The van der Waals surface area contributed by atoms with E-state index in [1.807, 2.05) is 0 Å². The molecule has 5 unspecified atom stereocenters. The van der Waals surface area contributed by atoms with Gasteiger partial charge < -0.3 is 24.8 Å². The topological polar surface area (TPSA) is 96.2 Å². The van der Waals surface area contributed by atoms with Gasteiger partial charge in [-0.05, 0) is 0 Å². The third-order valence-electron chi connectivity index (χ3n) is 1.42. The summed E-state index contributed by atoms with van der Waals surface area (Å²) in [5, 5.41) is 26.9. The summed E-state index contributed by atoms with van der Waals surface area (Å²) in [5.74, 6) is 0. The van der Waals surface area contributed by atoms with E-state index in [0.29, 0.717) is 0 Å². The lowest BCUT2D eigenvalue weighted by atomic mass is 10.6. The Morgan fingerprint density at radius 3 is 2.64 bits per heavy atom. The van der Waals surface area contributed by atoms with E-state index in [1.54, 1.807) is 0 Å². The van der Waals surface area contributed by atoms with Crippen molar-refractivity contribution in [2.45, 2.75) is 28.9 Å². The highest BCUT2D eigenvalue weighted by atomic mass is 32.2. The Balaban J connectivity index is 2.38. The van der Waals surface area contributed by atoms with E-state index in [9.17, 15) is 4.79 Å². The van der Waals surface area contributed by atoms with Crippen molar-refractivity contribution < 1.29 is 29.6 Å². The van der Waals surface area contributed by atoms with Gasteiger partial charge >= 0.3 is 0 Å². The number of carbonyl (C=O) groups excluding carboxylic acids is 1. The number of hydrogen-bond donors (Lipinski definition) is 4. The molecule has 82 valence electrons. The number of aldehydes is 1. The Bertz CT molecular complexity index is 193. The lowest BCUT2D eigenvalue weighted by Crippen LogP contribution is -2.28. The molecule has 1 saturated heterocycles. The molecule has 1 aliphatic rings. The maximum Gasteiger partial charge on any atom is 0.213 e. The van der Waals surface area contributed by atoms with Crippen LogP contribution in [0.2, 0.25) is 0 Å². The van der Waals surface area contributed by atoms with Crippen LogP contribution in [0.3, 0.4) is 0 Å². The first-order chi connectivity index (χ1) is 6.54. The Morgan fingerprint density at radius 1 is 1.57 bits per heavy atom. The highest BCUT2D eigenvalue weighted by Crippen LogP contribution is 2.34. The molecule has 1 heterocycles. The Kier molecular flexibility index (Phi) is 4.64. The van der Waals surface area contributed by atoms with Crippen LogP contribution in [0.5, 0.6) is 0 Å². The molecule has 8 heteroatoms. The van der Waals surface area contributed by atoms with Gasteiger partial charge in [-0.2, -0.15) is 0 Å². The van der Waals surface area contributed by atoms with Crippen molar-refractivity contribution >= 4 is 30.7 Å². The lowest BCUT2D eigenvalue weighted by molar-refractivity contribution is -0.170. The number of ether oxygens (including phenoxy) is 2. The average Bonchev–Trinajstić information content (AvgIpc) is 2.47. The van der Waals surface area contributed by atoms with Crippen LogP contribution in [-0.2, 0) is 14.3 Å². The molecule has 0 saturated carbocycles. The van der Waals surface area contributed by atoms with Crippen molar-refractivity contribution in [3.05, 3.63) is 0 Å². The van der Waals surface area contributed by atoms with E-state index in [2.05, 4.69) is 17.4 Å².